The fourth-order valence-electron chi connectivity index (χ4n) is 3.50. The summed E-state index contributed by atoms with van der Waals surface area (Å²) in [6, 6.07) is 15.8. The van der Waals surface area contributed by atoms with E-state index in [4.69, 9.17) is 25.8 Å². The van der Waals surface area contributed by atoms with Gasteiger partial charge in [-0.05, 0) is 48.0 Å². The highest BCUT2D eigenvalue weighted by Crippen LogP contribution is 2.39. The molecule has 37 heavy (non-hydrogen) atoms. The quantitative estimate of drug-likeness (QED) is 0.408. The lowest BCUT2D eigenvalue weighted by molar-refractivity contribution is -0.114. The van der Waals surface area contributed by atoms with Gasteiger partial charge in [0.15, 0.2) is 16.7 Å². The first-order valence-electron chi connectivity index (χ1n) is 11.0. The molecule has 0 bridgehead atoms. The predicted octanol–water partition coefficient (Wildman–Crippen LogP) is 4.88. The number of carbonyl (C=O) groups is 2. The van der Waals surface area contributed by atoms with Crippen molar-refractivity contribution in [1.82, 2.24) is 4.98 Å². The van der Waals surface area contributed by atoms with Crippen molar-refractivity contribution >= 4 is 57.9 Å². The number of aliphatic imine (C=N–C) groups is 1. The molecule has 0 spiro atoms. The highest BCUT2D eigenvalue weighted by atomic mass is 35.5. The molecular weight excluding hydrogens is 516 g/mol. The van der Waals surface area contributed by atoms with E-state index in [2.05, 4.69) is 15.3 Å². The highest BCUT2D eigenvalue weighted by Gasteiger charge is 2.32. The standard InChI is InChI=1S/C26H23ClN4O5S/c1-34-20-12-16(13-21(35-2)24(20)36-3)11-19-25(33)31(18-7-5-4-6-8-18)26(29-19)37-15-23(32)30-22-10-9-17(27)14-28-22/h4-14H,15H2,1-3H3,(H,28,30,32)/b19-11+. The van der Waals surface area contributed by atoms with Crippen molar-refractivity contribution in [2.24, 2.45) is 4.99 Å². The molecular formula is C26H23ClN4O5S. The van der Waals surface area contributed by atoms with E-state index in [1.54, 1.807) is 42.5 Å². The Labute approximate surface area is 223 Å². The average Bonchev–Trinajstić information content (AvgIpc) is 3.23. The number of aromatic nitrogens is 1. The molecule has 3 aromatic rings. The summed E-state index contributed by atoms with van der Waals surface area (Å²) < 4.78 is 16.2. The van der Waals surface area contributed by atoms with E-state index >= 15 is 0 Å². The zero-order chi connectivity index (χ0) is 26.4. The number of ether oxygens (including phenoxy) is 3. The number of methoxy groups -OCH3 is 3. The van der Waals surface area contributed by atoms with Crippen molar-refractivity contribution in [2.75, 3.05) is 37.3 Å². The number of hydrogen-bond donors (Lipinski definition) is 1. The number of anilines is 2. The van der Waals surface area contributed by atoms with E-state index < -0.39 is 0 Å². The highest BCUT2D eigenvalue weighted by molar-refractivity contribution is 8.14. The van der Waals surface area contributed by atoms with E-state index in [1.165, 1.54) is 32.4 Å². The number of amides is 2. The Kier molecular flexibility index (Phi) is 8.32. The van der Waals surface area contributed by atoms with E-state index in [9.17, 15) is 9.59 Å². The van der Waals surface area contributed by atoms with Crippen LogP contribution in [0.4, 0.5) is 11.5 Å². The lowest BCUT2D eigenvalue weighted by atomic mass is 10.1. The van der Waals surface area contributed by atoms with Gasteiger partial charge < -0.3 is 19.5 Å². The maximum Gasteiger partial charge on any atom is 0.283 e. The molecule has 2 aromatic carbocycles. The van der Waals surface area contributed by atoms with Crippen LogP contribution in [0.5, 0.6) is 17.2 Å². The summed E-state index contributed by atoms with van der Waals surface area (Å²) in [5.74, 6) is 1.10. The molecule has 0 saturated carbocycles. The molecule has 0 radical (unpaired) electrons. The Balaban J connectivity index is 1.62. The number of benzene rings is 2. The van der Waals surface area contributed by atoms with Gasteiger partial charge in [-0.1, -0.05) is 41.6 Å². The Morgan fingerprint density at radius 2 is 1.76 bits per heavy atom. The van der Waals surface area contributed by atoms with Gasteiger partial charge in [0.2, 0.25) is 11.7 Å². The lowest BCUT2D eigenvalue weighted by Crippen LogP contribution is -2.31. The van der Waals surface area contributed by atoms with Crippen LogP contribution in [0.1, 0.15) is 5.56 Å². The topological polar surface area (TPSA) is 102 Å². The largest absolute Gasteiger partial charge is 0.493 e. The minimum Gasteiger partial charge on any atom is -0.493 e. The molecule has 2 amide bonds. The molecule has 0 fully saturated rings. The van der Waals surface area contributed by atoms with Crippen LogP contribution in [0.25, 0.3) is 6.08 Å². The van der Waals surface area contributed by atoms with E-state index in [0.717, 1.165) is 11.8 Å². The molecule has 0 atom stereocenters. The second-order valence-corrected chi connectivity index (χ2v) is 8.94. The fraction of sp³-hybridized carbons (Fsp3) is 0.154. The summed E-state index contributed by atoms with van der Waals surface area (Å²) in [5, 5.41) is 3.54. The number of rotatable bonds is 8. The van der Waals surface area contributed by atoms with Crippen LogP contribution < -0.4 is 24.4 Å². The number of thioether (sulfide) groups is 1. The van der Waals surface area contributed by atoms with Gasteiger partial charge in [0, 0.05) is 6.20 Å². The fourth-order valence-corrected chi connectivity index (χ4v) is 4.42. The Hall–Kier alpha value is -4.02. The van der Waals surface area contributed by atoms with Crippen molar-refractivity contribution in [3.05, 3.63) is 77.1 Å². The number of amidine groups is 1. The lowest BCUT2D eigenvalue weighted by Gasteiger charge is -2.17. The summed E-state index contributed by atoms with van der Waals surface area (Å²) in [5.41, 5.74) is 1.46. The number of carbonyl (C=O) groups excluding carboxylic acids is 2. The molecule has 1 N–H and O–H groups in total. The molecule has 4 rings (SSSR count). The first-order valence-corrected chi connectivity index (χ1v) is 12.3. The Morgan fingerprint density at radius 1 is 1.05 bits per heavy atom. The van der Waals surface area contributed by atoms with Gasteiger partial charge >= 0.3 is 0 Å². The molecule has 0 unspecified atom stereocenters. The maximum atomic E-state index is 13.4. The van der Waals surface area contributed by atoms with Gasteiger partial charge in [-0.15, -0.1) is 0 Å². The second kappa shape index (κ2) is 11.8. The molecule has 9 nitrogen and oxygen atoms in total. The third-order valence-corrected chi connectivity index (χ3v) is 6.32. The Morgan fingerprint density at radius 3 is 2.35 bits per heavy atom. The monoisotopic (exact) mass is 538 g/mol. The number of para-hydroxylation sites is 1. The van der Waals surface area contributed by atoms with Crippen LogP contribution in [0.2, 0.25) is 5.02 Å². The molecule has 11 heteroatoms. The molecule has 1 aromatic heterocycles. The van der Waals surface area contributed by atoms with Crippen LogP contribution in [0.15, 0.2) is 71.5 Å². The summed E-state index contributed by atoms with van der Waals surface area (Å²) in [7, 11) is 4.55. The summed E-state index contributed by atoms with van der Waals surface area (Å²) in [6.07, 6.45) is 3.08. The minimum absolute atomic E-state index is 0.0111. The minimum atomic E-state index is -0.331. The van der Waals surface area contributed by atoms with Crippen molar-refractivity contribution in [1.29, 1.82) is 0 Å². The smallest absolute Gasteiger partial charge is 0.283 e. The van der Waals surface area contributed by atoms with Gasteiger partial charge in [0.25, 0.3) is 5.91 Å². The van der Waals surface area contributed by atoms with Crippen LogP contribution in [-0.4, -0.2) is 49.0 Å². The van der Waals surface area contributed by atoms with Gasteiger partial charge in [-0.2, -0.15) is 0 Å². The number of nitrogens with one attached hydrogen (secondary N) is 1. The molecule has 190 valence electrons. The SMILES string of the molecule is COc1cc(/C=C2/N=C(SCC(=O)Nc3ccc(Cl)cn3)N(c3ccccc3)C2=O)cc(OC)c1OC. The normalized spacial score (nSPS) is 13.9. The number of halogens is 1. The van der Waals surface area contributed by atoms with E-state index in [0.29, 0.717) is 44.5 Å². The first kappa shape index (κ1) is 26.1. The van der Waals surface area contributed by atoms with Crippen LogP contribution in [-0.2, 0) is 9.59 Å². The molecule has 2 heterocycles. The third kappa shape index (κ3) is 6.04. The van der Waals surface area contributed by atoms with E-state index in [1.807, 2.05) is 18.2 Å². The molecule has 1 aliphatic heterocycles. The van der Waals surface area contributed by atoms with Crippen molar-refractivity contribution in [3.8, 4) is 17.2 Å². The number of hydrogen-bond acceptors (Lipinski definition) is 8. The summed E-state index contributed by atoms with van der Waals surface area (Å²) in [4.78, 5) is 36.1. The van der Waals surface area contributed by atoms with Crippen molar-refractivity contribution in [3.63, 3.8) is 0 Å². The number of pyridine rings is 1. The summed E-state index contributed by atoms with van der Waals surface area (Å²) in [6.45, 7) is 0. The first-order chi connectivity index (χ1) is 17.9. The molecule has 1 aliphatic rings. The van der Waals surface area contributed by atoms with Crippen LogP contribution >= 0.6 is 23.4 Å². The predicted molar refractivity (Wildman–Crippen MR) is 146 cm³/mol. The maximum absolute atomic E-state index is 13.4. The number of nitrogens with zero attached hydrogens (tertiary/aromatic N) is 3. The van der Waals surface area contributed by atoms with Gasteiger partial charge in [-0.25, -0.2) is 9.98 Å². The average molecular weight is 539 g/mol. The zero-order valence-corrected chi connectivity index (χ0v) is 21.8. The van der Waals surface area contributed by atoms with Crippen LogP contribution in [0, 0.1) is 0 Å². The molecule has 0 saturated heterocycles. The van der Waals surface area contributed by atoms with Crippen LogP contribution in [0.3, 0.4) is 0 Å². The van der Waals surface area contributed by atoms with Gasteiger partial charge in [-0.3, -0.25) is 14.5 Å². The third-order valence-electron chi connectivity index (χ3n) is 5.16. The van der Waals surface area contributed by atoms with Crippen molar-refractivity contribution < 1.29 is 23.8 Å². The van der Waals surface area contributed by atoms with Gasteiger partial charge in [0.05, 0.1) is 37.8 Å². The van der Waals surface area contributed by atoms with Crippen molar-refractivity contribution in [2.45, 2.75) is 0 Å². The Bertz CT molecular complexity index is 1340. The summed E-state index contributed by atoms with van der Waals surface area (Å²) >= 11 is 6.98. The molecule has 0 aliphatic carbocycles. The second-order valence-electron chi connectivity index (χ2n) is 7.56. The van der Waals surface area contributed by atoms with Gasteiger partial charge in [0.1, 0.15) is 11.5 Å². The zero-order valence-electron chi connectivity index (χ0n) is 20.2. The van der Waals surface area contributed by atoms with E-state index in [-0.39, 0.29) is 23.3 Å².